The van der Waals surface area contributed by atoms with Gasteiger partial charge in [0.15, 0.2) is 0 Å². The van der Waals surface area contributed by atoms with E-state index in [0.29, 0.717) is 25.4 Å². The lowest BCUT2D eigenvalue weighted by molar-refractivity contribution is -0.128. The van der Waals surface area contributed by atoms with Crippen LogP contribution in [0.3, 0.4) is 0 Å². The molecule has 0 spiro atoms. The third-order valence-electron chi connectivity index (χ3n) is 2.88. The van der Waals surface area contributed by atoms with Crippen LogP contribution in [0, 0.1) is 0 Å². The second kappa shape index (κ2) is 6.77. The normalized spacial score (nSPS) is 19.1. The summed E-state index contributed by atoms with van der Waals surface area (Å²) in [5.74, 6) is -0.386. The Balaban J connectivity index is 2.00. The topological polar surface area (TPSA) is 62.4 Å². The van der Waals surface area contributed by atoms with E-state index in [1.165, 1.54) is 12.1 Å². The Labute approximate surface area is 119 Å². The quantitative estimate of drug-likeness (QED) is 0.790. The van der Waals surface area contributed by atoms with Gasteiger partial charge < -0.3 is 20.7 Å². The molecule has 21 heavy (non-hydrogen) atoms. The maximum atomic E-state index is 12.2. The number of para-hydroxylation sites is 2. The molecule has 3 N–H and O–H groups in total. The van der Waals surface area contributed by atoms with Crippen molar-refractivity contribution in [2.75, 3.05) is 36.9 Å². The Bertz CT molecular complexity index is 488. The molecule has 1 atom stereocenters. The van der Waals surface area contributed by atoms with E-state index in [2.05, 4.69) is 16.0 Å². The summed E-state index contributed by atoms with van der Waals surface area (Å²) in [6.45, 7) is 0.310. The lowest BCUT2D eigenvalue weighted by Gasteiger charge is -2.23. The van der Waals surface area contributed by atoms with Crippen LogP contribution in [0.4, 0.5) is 24.5 Å². The van der Waals surface area contributed by atoms with Gasteiger partial charge in [-0.25, -0.2) is 0 Å². The first-order valence-electron chi connectivity index (χ1n) is 6.48. The van der Waals surface area contributed by atoms with E-state index in [-0.39, 0.29) is 11.6 Å². The molecule has 1 fully saturated rings. The second-order valence-electron chi connectivity index (χ2n) is 4.57. The standard InChI is InChI=1S/C13H16F3N3O2/c14-13(15,16)8-18-9-3-1-2-4-10(9)19-12(20)11-7-17-5-6-21-11/h1-4,11,17-18H,5-8H2,(H,19,20). The maximum absolute atomic E-state index is 12.2. The summed E-state index contributed by atoms with van der Waals surface area (Å²) in [6, 6.07) is 6.23. The van der Waals surface area contributed by atoms with E-state index in [0.717, 1.165) is 0 Å². The summed E-state index contributed by atoms with van der Waals surface area (Å²) in [5.41, 5.74) is 0.507. The number of alkyl halides is 3. The number of ether oxygens (including phenoxy) is 1. The lowest BCUT2D eigenvalue weighted by Crippen LogP contribution is -2.45. The number of amides is 1. The Hall–Kier alpha value is -1.80. The van der Waals surface area contributed by atoms with E-state index in [1.807, 2.05) is 0 Å². The molecule has 1 aromatic carbocycles. The van der Waals surface area contributed by atoms with Gasteiger partial charge in [0.2, 0.25) is 0 Å². The highest BCUT2D eigenvalue weighted by atomic mass is 19.4. The van der Waals surface area contributed by atoms with Gasteiger partial charge in [-0.05, 0) is 12.1 Å². The molecule has 8 heteroatoms. The van der Waals surface area contributed by atoms with E-state index in [1.54, 1.807) is 12.1 Å². The van der Waals surface area contributed by atoms with Crippen LogP contribution in [0.1, 0.15) is 0 Å². The Morgan fingerprint density at radius 3 is 2.67 bits per heavy atom. The van der Waals surface area contributed by atoms with Crippen molar-refractivity contribution < 1.29 is 22.7 Å². The molecule has 0 bridgehead atoms. The van der Waals surface area contributed by atoms with Crippen molar-refractivity contribution in [1.82, 2.24) is 5.32 Å². The summed E-state index contributed by atoms with van der Waals surface area (Å²) in [5, 5.41) is 7.86. The molecule has 1 saturated heterocycles. The van der Waals surface area contributed by atoms with Crippen LogP contribution >= 0.6 is 0 Å². The molecule has 0 radical (unpaired) electrons. The van der Waals surface area contributed by atoms with Crippen molar-refractivity contribution in [3.05, 3.63) is 24.3 Å². The van der Waals surface area contributed by atoms with Crippen LogP contribution in [0.5, 0.6) is 0 Å². The molecule has 1 unspecified atom stereocenters. The number of hydrogen-bond donors (Lipinski definition) is 3. The largest absolute Gasteiger partial charge is 0.405 e. The fourth-order valence-corrected chi connectivity index (χ4v) is 1.89. The van der Waals surface area contributed by atoms with Crippen molar-refractivity contribution in [3.63, 3.8) is 0 Å². The minimum absolute atomic E-state index is 0.215. The Morgan fingerprint density at radius 1 is 1.33 bits per heavy atom. The van der Waals surface area contributed by atoms with Crippen molar-refractivity contribution >= 4 is 17.3 Å². The summed E-state index contributed by atoms with van der Waals surface area (Å²) < 4.78 is 42.0. The van der Waals surface area contributed by atoms with Crippen LogP contribution in [0.2, 0.25) is 0 Å². The molecule has 0 saturated carbocycles. The number of carbonyl (C=O) groups excluding carboxylic acids is 1. The van der Waals surface area contributed by atoms with E-state index in [9.17, 15) is 18.0 Å². The van der Waals surface area contributed by atoms with Crippen LogP contribution in [-0.4, -0.2) is 44.4 Å². The fraction of sp³-hybridized carbons (Fsp3) is 0.462. The number of nitrogens with one attached hydrogen (secondary N) is 3. The minimum Gasteiger partial charge on any atom is -0.375 e. The molecule has 5 nitrogen and oxygen atoms in total. The fourth-order valence-electron chi connectivity index (χ4n) is 1.89. The molecule has 1 aliphatic rings. The van der Waals surface area contributed by atoms with Crippen molar-refractivity contribution in [2.24, 2.45) is 0 Å². The lowest BCUT2D eigenvalue weighted by atomic mass is 10.2. The SMILES string of the molecule is O=C(Nc1ccccc1NCC(F)(F)F)C1CNCCO1. The molecule has 0 aliphatic carbocycles. The van der Waals surface area contributed by atoms with E-state index >= 15 is 0 Å². The van der Waals surface area contributed by atoms with Crippen molar-refractivity contribution in [3.8, 4) is 0 Å². The monoisotopic (exact) mass is 303 g/mol. The first-order valence-corrected chi connectivity index (χ1v) is 6.48. The van der Waals surface area contributed by atoms with Crippen LogP contribution in [0.25, 0.3) is 0 Å². The maximum Gasteiger partial charge on any atom is 0.405 e. The molecular formula is C13H16F3N3O2. The molecule has 116 valence electrons. The minimum atomic E-state index is -4.33. The number of carbonyl (C=O) groups is 1. The van der Waals surface area contributed by atoms with Gasteiger partial charge in [0.05, 0.1) is 18.0 Å². The molecule has 2 rings (SSSR count). The van der Waals surface area contributed by atoms with Crippen LogP contribution < -0.4 is 16.0 Å². The predicted molar refractivity (Wildman–Crippen MR) is 72.2 cm³/mol. The molecule has 1 heterocycles. The zero-order valence-corrected chi connectivity index (χ0v) is 11.2. The molecule has 1 aromatic rings. The number of hydrogen-bond acceptors (Lipinski definition) is 4. The summed E-state index contributed by atoms with van der Waals surface area (Å²) in [6.07, 6.45) is -4.97. The first kappa shape index (κ1) is 15.6. The number of halogens is 3. The number of rotatable bonds is 4. The van der Waals surface area contributed by atoms with Gasteiger partial charge in [-0.1, -0.05) is 12.1 Å². The van der Waals surface area contributed by atoms with E-state index < -0.39 is 18.8 Å². The van der Waals surface area contributed by atoms with Gasteiger partial charge in [-0.15, -0.1) is 0 Å². The zero-order valence-electron chi connectivity index (χ0n) is 11.2. The van der Waals surface area contributed by atoms with Crippen molar-refractivity contribution in [1.29, 1.82) is 0 Å². The summed E-state index contributed by atoms with van der Waals surface area (Å²) in [4.78, 5) is 12.0. The van der Waals surface area contributed by atoms with Gasteiger partial charge in [-0.2, -0.15) is 13.2 Å². The number of anilines is 2. The highest BCUT2D eigenvalue weighted by Gasteiger charge is 2.27. The summed E-state index contributed by atoms with van der Waals surface area (Å²) >= 11 is 0. The Morgan fingerprint density at radius 2 is 2.05 bits per heavy atom. The van der Waals surface area contributed by atoms with Crippen molar-refractivity contribution in [2.45, 2.75) is 12.3 Å². The van der Waals surface area contributed by atoms with Crippen LogP contribution in [-0.2, 0) is 9.53 Å². The highest BCUT2D eigenvalue weighted by molar-refractivity contribution is 5.97. The molecule has 1 aliphatic heterocycles. The third kappa shape index (κ3) is 4.91. The smallest absolute Gasteiger partial charge is 0.375 e. The van der Waals surface area contributed by atoms with Gasteiger partial charge in [-0.3, -0.25) is 4.79 Å². The molecule has 0 aromatic heterocycles. The van der Waals surface area contributed by atoms with Gasteiger partial charge in [0.1, 0.15) is 12.6 Å². The zero-order chi connectivity index (χ0) is 15.3. The molecule has 1 amide bonds. The van der Waals surface area contributed by atoms with Gasteiger partial charge >= 0.3 is 6.18 Å². The van der Waals surface area contributed by atoms with Gasteiger partial charge in [0.25, 0.3) is 5.91 Å². The van der Waals surface area contributed by atoms with Gasteiger partial charge in [0, 0.05) is 13.1 Å². The summed E-state index contributed by atoms with van der Waals surface area (Å²) in [7, 11) is 0. The third-order valence-corrected chi connectivity index (χ3v) is 2.88. The average molecular weight is 303 g/mol. The first-order chi connectivity index (χ1) is 9.96. The molecular weight excluding hydrogens is 287 g/mol. The van der Waals surface area contributed by atoms with E-state index in [4.69, 9.17) is 4.74 Å². The predicted octanol–water partition coefficient (Wildman–Crippen LogP) is 1.59. The highest BCUT2D eigenvalue weighted by Crippen LogP contribution is 2.23. The van der Waals surface area contributed by atoms with Crippen LogP contribution in [0.15, 0.2) is 24.3 Å². The average Bonchev–Trinajstić information content (AvgIpc) is 2.46. The number of benzene rings is 1. The Kier molecular flexibility index (Phi) is 5.03. The second-order valence-corrected chi connectivity index (χ2v) is 4.57. The number of morpholine rings is 1.